The molecule has 0 radical (unpaired) electrons. The summed E-state index contributed by atoms with van der Waals surface area (Å²) in [5, 5.41) is 26.4. The molecule has 0 aliphatic heterocycles. The minimum absolute atomic E-state index is 0.0105. The number of aliphatic hydroxyl groups is 3. The Labute approximate surface area is 211 Å². The van der Waals surface area contributed by atoms with E-state index in [2.05, 4.69) is 0 Å². The Balaban J connectivity index is 0. The van der Waals surface area contributed by atoms with Crippen LogP contribution in [-0.4, -0.2) is 139 Å². The van der Waals surface area contributed by atoms with E-state index in [1.54, 1.807) is 14.0 Å². The van der Waals surface area contributed by atoms with Crippen molar-refractivity contribution in [3.05, 3.63) is 0 Å². The van der Waals surface area contributed by atoms with E-state index in [0.29, 0.717) is 72.7 Å². The Kier molecular flexibility index (Phi) is 29.5. The van der Waals surface area contributed by atoms with Crippen molar-refractivity contribution in [2.24, 2.45) is 0 Å². The molecule has 0 aromatic heterocycles. The van der Waals surface area contributed by atoms with Gasteiger partial charge in [-0.3, -0.25) is 0 Å². The average Bonchev–Trinajstić information content (AvgIpc) is 2.84. The summed E-state index contributed by atoms with van der Waals surface area (Å²) < 4.78 is 42.2. The second kappa shape index (κ2) is 28.1. The fourth-order valence-electron chi connectivity index (χ4n) is 2.15. The predicted octanol–water partition coefficient (Wildman–Crippen LogP) is 0.655. The molecule has 0 rings (SSSR count). The summed E-state index contributed by atoms with van der Waals surface area (Å²) in [6, 6.07) is 0. The van der Waals surface area contributed by atoms with Crippen molar-refractivity contribution in [3.8, 4) is 0 Å². The first-order valence-electron chi connectivity index (χ1n) is 12.3. The van der Waals surface area contributed by atoms with Crippen LogP contribution >= 0.6 is 0 Å². The van der Waals surface area contributed by atoms with Crippen LogP contribution in [0.5, 0.6) is 0 Å². The molecular weight excluding hydrogens is 464 g/mol. The summed E-state index contributed by atoms with van der Waals surface area (Å²) in [7, 11) is 1.64. The van der Waals surface area contributed by atoms with Crippen LogP contribution in [0.25, 0.3) is 0 Å². The lowest BCUT2D eigenvalue weighted by Crippen LogP contribution is -2.28. The summed E-state index contributed by atoms with van der Waals surface area (Å²) in [5.74, 6) is 0. The van der Waals surface area contributed by atoms with E-state index in [4.69, 9.17) is 53.2 Å². The van der Waals surface area contributed by atoms with Gasteiger partial charge in [0.1, 0.15) is 0 Å². The molecule has 5 atom stereocenters. The minimum atomic E-state index is -0.463. The van der Waals surface area contributed by atoms with Crippen molar-refractivity contribution in [3.63, 3.8) is 0 Å². The van der Waals surface area contributed by atoms with Crippen LogP contribution in [0.2, 0.25) is 0 Å². The second-order valence-corrected chi connectivity index (χ2v) is 8.16. The lowest BCUT2D eigenvalue weighted by atomic mass is 10.3. The Morgan fingerprint density at radius 1 is 0.514 bits per heavy atom. The normalized spacial score (nSPS) is 15.7. The van der Waals surface area contributed by atoms with Gasteiger partial charge in [-0.1, -0.05) is 0 Å². The number of methoxy groups -OCH3 is 1. The first-order chi connectivity index (χ1) is 16.8. The molecule has 0 amide bonds. The molecule has 0 aliphatic rings. The lowest BCUT2D eigenvalue weighted by molar-refractivity contribution is -0.0936. The molecule has 0 fully saturated rings. The fourth-order valence-corrected chi connectivity index (χ4v) is 2.15. The van der Waals surface area contributed by atoms with E-state index in [0.717, 1.165) is 0 Å². The summed E-state index contributed by atoms with van der Waals surface area (Å²) in [6.07, 6.45) is -0.783. The maximum atomic E-state index is 9.12. The van der Waals surface area contributed by atoms with Gasteiger partial charge in [-0.25, -0.2) is 0 Å². The van der Waals surface area contributed by atoms with E-state index in [1.165, 1.54) is 0 Å². The first kappa shape index (κ1) is 36.7. The van der Waals surface area contributed by atoms with Crippen LogP contribution in [0.4, 0.5) is 0 Å². The van der Waals surface area contributed by atoms with E-state index >= 15 is 0 Å². The standard InChI is InChI=1S/C15H32O6.C9H20O5/c1-11(17)7-18-13(3)9-20-15(5)10-21-14(4)8-19-12(2)6-16;1-11-4-5-13-8-9-14-7-6-12-3-2-10/h11-17H,6-10H2,1-5H3;10H,2-9H2,1H3. The van der Waals surface area contributed by atoms with Crippen molar-refractivity contribution in [2.75, 3.05) is 93.0 Å². The number of aliphatic hydroxyl groups excluding tert-OH is 3. The molecule has 0 bridgehead atoms. The number of rotatable bonds is 24. The Bertz CT molecular complexity index is 390. The third-order valence-electron chi connectivity index (χ3n) is 4.14. The number of hydrogen-bond acceptors (Lipinski definition) is 11. The third kappa shape index (κ3) is 31.5. The van der Waals surface area contributed by atoms with Gasteiger partial charge >= 0.3 is 0 Å². The zero-order chi connectivity index (χ0) is 26.7. The van der Waals surface area contributed by atoms with E-state index < -0.39 is 6.10 Å². The van der Waals surface area contributed by atoms with Crippen LogP contribution < -0.4 is 0 Å². The molecule has 0 heterocycles. The maximum absolute atomic E-state index is 9.12. The van der Waals surface area contributed by atoms with Crippen LogP contribution in [0.3, 0.4) is 0 Å². The van der Waals surface area contributed by atoms with E-state index in [-0.39, 0.29) is 37.6 Å². The highest BCUT2D eigenvalue weighted by Crippen LogP contribution is 2.02. The van der Waals surface area contributed by atoms with Gasteiger partial charge in [-0.05, 0) is 34.6 Å². The van der Waals surface area contributed by atoms with Gasteiger partial charge in [0, 0.05) is 7.11 Å². The molecule has 11 nitrogen and oxygen atoms in total. The highest BCUT2D eigenvalue weighted by molar-refractivity contribution is 4.57. The summed E-state index contributed by atoms with van der Waals surface area (Å²) >= 11 is 0. The van der Waals surface area contributed by atoms with Gasteiger partial charge in [0.2, 0.25) is 0 Å². The van der Waals surface area contributed by atoms with Gasteiger partial charge < -0.3 is 53.2 Å². The molecule has 35 heavy (non-hydrogen) atoms. The highest BCUT2D eigenvalue weighted by Gasteiger charge is 2.11. The zero-order valence-corrected chi connectivity index (χ0v) is 22.7. The predicted molar refractivity (Wildman–Crippen MR) is 132 cm³/mol. The lowest BCUT2D eigenvalue weighted by Gasteiger charge is -2.21. The molecule has 3 N–H and O–H groups in total. The molecular formula is C24H52O11. The molecule has 214 valence electrons. The van der Waals surface area contributed by atoms with Gasteiger partial charge in [-0.2, -0.15) is 0 Å². The Morgan fingerprint density at radius 2 is 0.886 bits per heavy atom. The molecule has 5 unspecified atom stereocenters. The Hall–Kier alpha value is -0.440. The molecule has 0 aromatic carbocycles. The smallest absolute Gasteiger partial charge is 0.0781 e. The summed E-state index contributed by atoms with van der Waals surface area (Å²) in [4.78, 5) is 0. The van der Waals surface area contributed by atoms with Crippen molar-refractivity contribution >= 4 is 0 Å². The third-order valence-corrected chi connectivity index (χ3v) is 4.14. The van der Waals surface area contributed by atoms with Crippen LogP contribution in [0, 0.1) is 0 Å². The van der Waals surface area contributed by atoms with Crippen LogP contribution in [-0.2, 0) is 37.9 Å². The van der Waals surface area contributed by atoms with E-state index in [1.807, 2.05) is 27.7 Å². The zero-order valence-electron chi connectivity index (χ0n) is 22.7. The van der Waals surface area contributed by atoms with Crippen LogP contribution in [0.1, 0.15) is 34.6 Å². The quantitative estimate of drug-likeness (QED) is 0.156. The van der Waals surface area contributed by atoms with Gasteiger partial charge in [0.15, 0.2) is 0 Å². The summed E-state index contributed by atoms with van der Waals surface area (Å²) in [5.41, 5.74) is 0. The van der Waals surface area contributed by atoms with Gasteiger partial charge in [0.05, 0.1) is 116 Å². The van der Waals surface area contributed by atoms with Crippen LogP contribution in [0.15, 0.2) is 0 Å². The molecule has 0 saturated carbocycles. The topological polar surface area (TPSA) is 135 Å². The average molecular weight is 517 g/mol. The van der Waals surface area contributed by atoms with Crippen molar-refractivity contribution in [2.45, 2.75) is 65.1 Å². The maximum Gasteiger partial charge on any atom is 0.0781 e. The molecule has 0 spiro atoms. The summed E-state index contributed by atoms with van der Waals surface area (Å²) in [6.45, 7) is 14.8. The number of ether oxygens (including phenoxy) is 8. The molecule has 0 aliphatic carbocycles. The monoisotopic (exact) mass is 516 g/mol. The Morgan fingerprint density at radius 3 is 1.26 bits per heavy atom. The van der Waals surface area contributed by atoms with Crippen molar-refractivity contribution < 1.29 is 53.2 Å². The second-order valence-electron chi connectivity index (χ2n) is 8.16. The van der Waals surface area contributed by atoms with Crippen molar-refractivity contribution in [1.29, 1.82) is 0 Å². The highest BCUT2D eigenvalue weighted by atomic mass is 16.6. The molecule has 0 aromatic rings. The molecule has 11 heteroatoms. The fraction of sp³-hybridized carbons (Fsp3) is 1.00. The van der Waals surface area contributed by atoms with Crippen molar-refractivity contribution in [1.82, 2.24) is 0 Å². The van der Waals surface area contributed by atoms with Gasteiger partial charge in [-0.15, -0.1) is 0 Å². The molecule has 0 saturated heterocycles. The SMILES string of the molecule is CC(O)COC(C)COC(C)COC(C)COC(C)CO.COCCOCCOCCOCCO. The van der Waals surface area contributed by atoms with E-state index in [9.17, 15) is 0 Å². The van der Waals surface area contributed by atoms with Gasteiger partial charge in [0.25, 0.3) is 0 Å². The first-order valence-corrected chi connectivity index (χ1v) is 12.3. The minimum Gasteiger partial charge on any atom is -0.394 e. The largest absolute Gasteiger partial charge is 0.394 e. The number of hydrogen-bond donors (Lipinski definition) is 3.